The van der Waals surface area contributed by atoms with Crippen LogP contribution in [0, 0.1) is 0 Å². The van der Waals surface area contributed by atoms with Crippen LogP contribution in [0.1, 0.15) is 34.9 Å². The summed E-state index contributed by atoms with van der Waals surface area (Å²) in [7, 11) is 1.67. The number of ether oxygens (including phenoxy) is 1. The summed E-state index contributed by atoms with van der Waals surface area (Å²) in [5.41, 5.74) is 4.72. The third-order valence-electron chi connectivity index (χ3n) is 6.10. The Balaban J connectivity index is 1.36. The summed E-state index contributed by atoms with van der Waals surface area (Å²) in [5.74, 6) is 0.893. The molecule has 1 aliphatic heterocycles. The van der Waals surface area contributed by atoms with Crippen molar-refractivity contribution in [2.75, 3.05) is 20.2 Å². The first-order chi connectivity index (χ1) is 16.7. The highest BCUT2D eigenvalue weighted by molar-refractivity contribution is 5.93. The van der Waals surface area contributed by atoms with E-state index in [0.29, 0.717) is 24.5 Å². The molecule has 0 bridgehead atoms. The minimum absolute atomic E-state index is 0.0655. The number of methoxy groups -OCH3 is 1. The lowest BCUT2D eigenvalue weighted by molar-refractivity contribution is 0.0700. The summed E-state index contributed by atoms with van der Waals surface area (Å²) in [5, 5.41) is 0. The minimum atomic E-state index is -0.0655. The molecule has 7 nitrogen and oxygen atoms in total. The SMILES string of the molecule is COc1ccccc1-c1cccc([C@@H]2CCCN(C(=O)c3cccc(-c4cncnc4)n3)C2)n1. The second-order valence-electron chi connectivity index (χ2n) is 8.27. The zero-order valence-corrected chi connectivity index (χ0v) is 19.0. The van der Waals surface area contributed by atoms with Crippen molar-refractivity contribution in [3.05, 3.63) is 90.8 Å². The molecule has 0 spiro atoms. The molecule has 4 aromatic rings. The Hall–Kier alpha value is -4.13. The quantitative estimate of drug-likeness (QED) is 0.440. The van der Waals surface area contributed by atoms with Crippen molar-refractivity contribution < 1.29 is 9.53 Å². The highest BCUT2D eigenvalue weighted by Gasteiger charge is 2.27. The van der Waals surface area contributed by atoms with E-state index < -0.39 is 0 Å². The second-order valence-corrected chi connectivity index (χ2v) is 8.27. The molecule has 34 heavy (non-hydrogen) atoms. The summed E-state index contributed by atoms with van der Waals surface area (Å²) in [6.07, 6.45) is 6.77. The van der Waals surface area contributed by atoms with Crippen molar-refractivity contribution in [2.45, 2.75) is 18.8 Å². The van der Waals surface area contributed by atoms with Crippen LogP contribution in [0.25, 0.3) is 22.5 Å². The fraction of sp³-hybridized carbons (Fsp3) is 0.222. The number of aromatic nitrogens is 4. The van der Waals surface area contributed by atoms with Gasteiger partial charge in [0.15, 0.2) is 0 Å². The number of carbonyl (C=O) groups excluding carboxylic acids is 1. The van der Waals surface area contributed by atoms with Gasteiger partial charge >= 0.3 is 0 Å². The van der Waals surface area contributed by atoms with Gasteiger partial charge in [0.1, 0.15) is 17.8 Å². The number of hydrogen-bond donors (Lipinski definition) is 0. The lowest BCUT2D eigenvalue weighted by Gasteiger charge is -2.32. The molecule has 1 atom stereocenters. The fourth-order valence-corrected chi connectivity index (χ4v) is 4.40. The summed E-state index contributed by atoms with van der Waals surface area (Å²) in [6.45, 7) is 1.32. The third kappa shape index (κ3) is 4.50. The lowest BCUT2D eigenvalue weighted by Crippen LogP contribution is -2.39. The largest absolute Gasteiger partial charge is 0.496 e. The van der Waals surface area contributed by atoms with Gasteiger partial charge in [-0.25, -0.2) is 15.0 Å². The topological polar surface area (TPSA) is 81.1 Å². The number of para-hydroxylation sites is 1. The Kier molecular flexibility index (Phi) is 6.25. The van der Waals surface area contributed by atoms with E-state index in [1.165, 1.54) is 6.33 Å². The first kappa shape index (κ1) is 21.7. The monoisotopic (exact) mass is 451 g/mol. The molecule has 1 fully saturated rings. The summed E-state index contributed by atoms with van der Waals surface area (Å²) < 4.78 is 5.52. The van der Waals surface area contributed by atoms with E-state index in [4.69, 9.17) is 9.72 Å². The first-order valence-corrected chi connectivity index (χ1v) is 11.3. The minimum Gasteiger partial charge on any atom is -0.496 e. The predicted octanol–water partition coefficient (Wildman–Crippen LogP) is 4.63. The maximum Gasteiger partial charge on any atom is 0.272 e. The van der Waals surface area contributed by atoms with Crippen molar-refractivity contribution in [1.82, 2.24) is 24.8 Å². The molecule has 3 aromatic heterocycles. The second kappa shape index (κ2) is 9.79. The smallest absolute Gasteiger partial charge is 0.272 e. The Bertz CT molecular complexity index is 1290. The third-order valence-corrected chi connectivity index (χ3v) is 6.10. The number of piperidine rings is 1. The molecule has 0 N–H and O–H groups in total. The molecule has 7 heteroatoms. The van der Waals surface area contributed by atoms with Gasteiger partial charge in [0.2, 0.25) is 0 Å². The van der Waals surface area contributed by atoms with E-state index in [1.54, 1.807) is 25.6 Å². The highest BCUT2D eigenvalue weighted by atomic mass is 16.5. The molecule has 170 valence electrons. The molecule has 5 rings (SSSR count). The van der Waals surface area contributed by atoms with Crippen LogP contribution in [0.5, 0.6) is 5.75 Å². The van der Waals surface area contributed by atoms with Crippen LogP contribution in [-0.4, -0.2) is 50.9 Å². The van der Waals surface area contributed by atoms with Crippen molar-refractivity contribution in [1.29, 1.82) is 0 Å². The van der Waals surface area contributed by atoms with Gasteiger partial charge in [0, 0.05) is 48.2 Å². The molecule has 1 aromatic carbocycles. The normalized spacial score (nSPS) is 15.7. The molecule has 0 saturated carbocycles. The number of rotatable bonds is 5. The Morgan fingerprint density at radius 2 is 1.74 bits per heavy atom. The standard InChI is InChI=1S/C27H25N5O2/c1-34-26-13-3-2-8-21(26)24-11-4-9-22(30-24)19-7-6-14-32(17-19)27(33)25-12-5-10-23(31-25)20-15-28-18-29-16-20/h2-5,8-13,15-16,18-19H,6-7,14,17H2,1H3/t19-/m1/s1. The highest BCUT2D eigenvalue weighted by Crippen LogP contribution is 2.31. The maximum atomic E-state index is 13.3. The van der Waals surface area contributed by atoms with E-state index in [-0.39, 0.29) is 11.8 Å². The van der Waals surface area contributed by atoms with Crippen LogP contribution >= 0.6 is 0 Å². The van der Waals surface area contributed by atoms with Crippen molar-refractivity contribution >= 4 is 5.91 Å². The Labute approximate surface area is 198 Å². The van der Waals surface area contributed by atoms with E-state index in [2.05, 4.69) is 15.0 Å². The van der Waals surface area contributed by atoms with Gasteiger partial charge in [-0.1, -0.05) is 24.3 Å². The molecule has 1 saturated heterocycles. The number of nitrogens with zero attached hydrogens (tertiary/aromatic N) is 5. The van der Waals surface area contributed by atoms with Crippen LogP contribution in [0.2, 0.25) is 0 Å². The van der Waals surface area contributed by atoms with Crippen LogP contribution in [-0.2, 0) is 0 Å². The van der Waals surface area contributed by atoms with Crippen molar-refractivity contribution in [3.63, 3.8) is 0 Å². The van der Waals surface area contributed by atoms with Crippen LogP contribution in [0.3, 0.4) is 0 Å². The van der Waals surface area contributed by atoms with Gasteiger partial charge in [0.05, 0.1) is 18.5 Å². The van der Waals surface area contributed by atoms with Crippen molar-refractivity contribution in [2.24, 2.45) is 0 Å². The van der Waals surface area contributed by atoms with Gasteiger partial charge in [0.25, 0.3) is 5.91 Å². The molecule has 0 unspecified atom stereocenters. The van der Waals surface area contributed by atoms with Gasteiger partial charge < -0.3 is 9.64 Å². The van der Waals surface area contributed by atoms with Crippen LogP contribution < -0.4 is 4.74 Å². The Morgan fingerprint density at radius 1 is 0.941 bits per heavy atom. The molecular formula is C27H25N5O2. The summed E-state index contributed by atoms with van der Waals surface area (Å²) in [6, 6.07) is 19.4. The predicted molar refractivity (Wildman–Crippen MR) is 129 cm³/mol. The molecule has 4 heterocycles. The average molecular weight is 452 g/mol. The van der Waals surface area contributed by atoms with Gasteiger partial charge in [-0.05, 0) is 49.2 Å². The fourth-order valence-electron chi connectivity index (χ4n) is 4.40. The lowest BCUT2D eigenvalue weighted by atomic mass is 9.93. The van der Waals surface area contributed by atoms with E-state index in [0.717, 1.165) is 41.1 Å². The van der Waals surface area contributed by atoms with E-state index in [9.17, 15) is 4.79 Å². The number of amides is 1. The molecule has 0 aliphatic carbocycles. The number of likely N-dealkylation sites (tertiary alicyclic amines) is 1. The molecule has 0 radical (unpaired) electrons. The summed E-state index contributed by atoms with van der Waals surface area (Å²) >= 11 is 0. The van der Waals surface area contributed by atoms with E-state index in [1.807, 2.05) is 59.5 Å². The molecule has 1 amide bonds. The summed E-state index contributed by atoms with van der Waals surface area (Å²) in [4.78, 5) is 32.8. The zero-order valence-electron chi connectivity index (χ0n) is 19.0. The van der Waals surface area contributed by atoms with Gasteiger partial charge in [-0.15, -0.1) is 0 Å². The number of hydrogen-bond acceptors (Lipinski definition) is 6. The first-order valence-electron chi connectivity index (χ1n) is 11.3. The number of pyridine rings is 2. The molecule has 1 aliphatic rings. The molecular weight excluding hydrogens is 426 g/mol. The number of benzene rings is 1. The van der Waals surface area contributed by atoms with Gasteiger partial charge in [-0.3, -0.25) is 9.78 Å². The number of carbonyl (C=O) groups is 1. The van der Waals surface area contributed by atoms with Gasteiger partial charge in [-0.2, -0.15) is 0 Å². The van der Waals surface area contributed by atoms with E-state index >= 15 is 0 Å². The van der Waals surface area contributed by atoms with Crippen LogP contribution in [0.15, 0.2) is 79.4 Å². The Morgan fingerprint density at radius 3 is 2.59 bits per heavy atom. The zero-order chi connectivity index (χ0) is 23.3. The average Bonchev–Trinajstić information content (AvgIpc) is 2.93. The van der Waals surface area contributed by atoms with Crippen LogP contribution in [0.4, 0.5) is 0 Å². The maximum absolute atomic E-state index is 13.3. The van der Waals surface area contributed by atoms with Crippen molar-refractivity contribution in [3.8, 4) is 28.3 Å².